The highest BCUT2D eigenvalue weighted by Gasteiger charge is 2.33. The van der Waals surface area contributed by atoms with Crippen molar-refractivity contribution in [2.75, 3.05) is 13.1 Å². The molecule has 134 valence electrons. The lowest BCUT2D eigenvalue weighted by Gasteiger charge is -2.14. The lowest BCUT2D eigenvalue weighted by Crippen LogP contribution is -2.40. The molecule has 1 fully saturated rings. The number of carbonyl (C=O) groups excluding carboxylic acids is 2. The van der Waals surface area contributed by atoms with E-state index in [0.717, 1.165) is 11.3 Å². The fraction of sp³-hybridized carbons (Fsp3) is 0.176. The van der Waals surface area contributed by atoms with Crippen molar-refractivity contribution in [3.05, 3.63) is 58.0 Å². The zero-order valence-electron chi connectivity index (χ0n) is 13.6. The van der Waals surface area contributed by atoms with E-state index in [1.165, 1.54) is 16.7 Å². The summed E-state index contributed by atoms with van der Waals surface area (Å²) in [7, 11) is 0. The molecule has 26 heavy (non-hydrogen) atoms. The predicted molar refractivity (Wildman–Crippen MR) is 107 cm³/mol. The molecule has 2 N–H and O–H groups in total. The first-order valence-corrected chi connectivity index (χ1v) is 9.38. The van der Waals surface area contributed by atoms with E-state index in [1.54, 1.807) is 30.7 Å². The number of rotatable bonds is 6. The Morgan fingerprint density at radius 3 is 2.85 bits per heavy atom. The Morgan fingerprint density at radius 1 is 1.38 bits per heavy atom. The number of imidazole rings is 1. The molecule has 0 spiro atoms. The van der Waals surface area contributed by atoms with E-state index in [-0.39, 0.29) is 18.4 Å². The van der Waals surface area contributed by atoms with Crippen molar-refractivity contribution < 1.29 is 9.59 Å². The fourth-order valence-corrected chi connectivity index (χ4v) is 3.69. The van der Waals surface area contributed by atoms with Gasteiger partial charge in [0.15, 0.2) is 0 Å². The molecule has 9 heteroatoms. The maximum atomic E-state index is 12.5. The number of hydrogen-bond acceptors (Lipinski definition) is 5. The monoisotopic (exact) mass is 406 g/mol. The zero-order valence-corrected chi connectivity index (χ0v) is 16.0. The Labute approximate surface area is 165 Å². The molecular weight excluding hydrogens is 392 g/mol. The van der Waals surface area contributed by atoms with E-state index < -0.39 is 0 Å². The second kappa shape index (κ2) is 8.48. The highest BCUT2D eigenvalue weighted by atomic mass is 35.5. The second-order valence-corrected chi connectivity index (χ2v) is 7.61. The number of thiocarbonyl (C=S) groups is 1. The van der Waals surface area contributed by atoms with E-state index in [1.807, 2.05) is 12.1 Å². The van der Waals surface area contributed by atoms with Crippen LogP contribution in [0.5, 0.6) is 0 Å². The number of thioether (sulfide) groups is 1. The third-order valence-electron chi connectivity index (χ3n) is 3.61. The van der Waals surface area contributed by atoms with Crippen molar-refractivity contribution >= 4 is 57.8 Å². The van der Waals surface area contributed by atoms with E-state index in [2.05, 4.69) is 15.3 Å². The number of nitrogens with one attached hydrogen (secondary N) is 2. The Bertz CT molecular complexity index is 850. The molecular formula is C17H15ClN4O2S2. The number of aromatic amines is 1. The number of H-pyrrole nitrogens is 1. The van der Waals surface area contributed by atoms with Gasteiger partial charge in [0.2, 0.25) is 5.91 Å². The van der Waals surface area contributed by atoms with Crippen LogP contribution < -0.4 is 5.32 Å². The minimum absolute atomic E-state index is 0.0917. The first kappa shape index (κ1) is 18.6. The first-order chi connectivity index (χ1) is 12.5. The summed E-state index contributed by atoms with van der Waals surface area (Å²) in [5, 5.41) is 3.40. The van der Waals surface area contributed by atoms with Crippen LogP contribution in [0.25, 0.3) is 6.08 Å². The van der Waals surface area contributed by atoms with Crippen LogP contribution in [0.2, 0.25) is 5.02 Å². The third-order valence-corrected chi connectivity index (χ3v) is 5.24. The fourth-order valence-electron chi connectivity index (χ4n) is 2.30. The van der Waals surface area contributed by atoms with Gasteiger partial charge in [0.25, 0.3) is 5.91 Å². The molecule has 0 atom stereocenters. The average Bonchev–Trinajstić information content (AvgIpc) is 3.21. The van der Waals surface area contributed by atoms with Gasteiger partial charge < -0.3 is 10.3 Å². The number of aromatic nitrogens is 2. The van der Waals surface area contributed by atoms with Crippen molar-refractivity contribution in [3.63, 3.8) is 0 Å². The third kappa shape index (κ3) is 4.72. The van der Waals surface area contributed by atoms with Crippen LogP contribution in [0.1, 0.15) is 11.3 Å². The van der Waals surface area contributed by atoms with Crippen molar-refractivity contribution in [2.24, 2.45) is 0 Å². The smallest absolute Gasteiger partial charge is 0.266 e. The molecule has 2 heterocycles. The molecule has 1 aromatic heterocycles. The van der Waals surface area contributed by atoms with E-state index >= 15 is 0 Å². The van der Waals surface area contributed by atoms with Crippen LogP contribution >= 0.6 is 35.6 Å². The zero-order chi connectivity index (χ0) is 18.5. The van der Waals surface area contributed by atoms with E-state index in [9.17, 15) is 9.59 Å². The molecule has 0 unspecified atom stereocenters. The molecule has 0 radical (unpaired) electrons. The molecule has 0 saturated carbocycles. The SMILES string of the molecule is O=C(CN1C(=O)C(=Cc2ccc(Cl)cc2)SC1=S)NCCc1cnc[nH]1. The topological polar surface area (TPSA) is 78.1 Å². The summed E-state index contributed by atoms with van der Waals surface area (Å²) in [4.78, 5) is 33.3. The van der Waals surface area contributed by atoms with E-state index in [0.29, 0.717) is 27.2 Å². The van der Waals surface area contributed by atoms with Gasteiger partial charge in [-0.15, -0.1) is 0 Å². The van der Waals surface area contributed by atoms with Gasteiger partial charge in [-0.2, -0.15) is 0 Å². The maximum absolute atomic E-state index is 12.5. The van der Waals surface area contributed by atoms with Crippen LogP contribution in [0.15, 0.2) is 41.7 Å². The lowest BCUT2D eigenvalue weighted by atomic mass is 10.2. The maximum Gasteiger partial charge on any atom is 0.266 e. The molecule has 1 aliphatic heterocycles. The van der Waals surface area contributed by atoms with Crippen LogP contribution in [0.3, 0.4) is 0 Å². The summed E-state index contributed by atoms with van der Waals surface area (Å²) in [5.74, 6) is -0.521. The number of halogens is 1. The van der Waals surface area contributed by atoms with Gasteiger partial charge >= 0.3 is 0 Å². The molecule has 1 aliphatic rings. The van der Waals surface area contributed by atoms with Gasteiger partial charge in [-0.3, -0.25) is 14.5 Å². The van der Waals surface area contributed by atoms with Crippen molar-refractivity contribution in [1.29, 1.82) is 0 Å². The van der Waals surface area contributed by atoms with Gasteiger partial charge in [0.1, 0.15) is 10.9 Å². The molecule has 2 amide bonds. The highest BCUT2D eigenvalue weighted by molar-refractivity contribution is 8.26. The largest absolute Gasteiger partial charge is 0.354 e. The number of nitrogens with zero attached hydrogens (tertiary/aromatic N) is 2. The summed E-state index contributed by atoms with van der Waals surface area (Å²) in [6, 6.07) is 7.14. The standard InChI is InChI=1S/C17H15ClN4O2S2/c18-12-3-1-11(2-4-12)7-14-16(24)22(17(25)26-14)9-15(23)20-6-5-13-8-19-10-21-13/h1-4,7-8,10H,5-6,9H2,(H,19,21)(H,20,23). The summed E-state index contributed by atoms with van der Waals surface area (Å²) in [6.45, 7) is 0.363. The Balaban J connectivity index is 1.56. The number of amides is 2. The summed E-state index contributed by atoms with van der Waals surface area (Å²) < 4.78 is 0.374. The lowest BCUT2D eigenvalue weighted by molar-refractivity contribution is -0.128. The first-order valence-electron chi connectivity index (χ1n) is 7.78. The molecule has 2 aromatic rings. The second-order valence-electron chi connectivity index (χ2n) is 5.50. The predicted octanol–water partition coefficient (Wildman–Crippen LogP) is 2.62. The quantitative estimate of drug-likeness (QED) is 0.569. The van der Waals surface area contributed by atoms with Crippen LogP contribution in [-0.4, -0.2) is 44.1 Å². The molecule has 1 saturated heterocycles. The van der Waals surface area contributed by atoms with Crippen molar-refractivity contribution in [3.8, 4) is 0 Å². The van der Waals surface area contributed by atoms with Gasteiger partial charge in [0, 0.05) is 29.9 Å². The van der Waals surface area contributed by atoms with E-state index in [4.69, 9.17) is 23.8 Å². The number of carbonyl (C=O) groups is 2. The van der Waals surface area contributed by atoms with Gasteiger partial charge in [0.05, 0.1) is 11.2 Å². The summed E-state index contributed by atoms with van der Waals surface area (Å²) in [6.07, 6.45) is 5.67. The van der Waals surface area contributed by atoms with Crippen LogP contribution in [0, 0.1) is 0 Å². The highest BCUT2D eigenvalue weighted by Crippen LogP contribution is 2.32. The average molecular weight is 407 g/mol. The molecule has 0 aliphatic carbocycles. The molecule has 6 nitrogen and oxygen atoms in total. The minimum atomic E-state index is -0.265. The molecule has 1 aromatic carbocycles. The Hall–Kier alpha value is -2.16. The van der Waals surface area contributed by atoms with Crippen molar-refractivity contribution in [1.82, 2.24) is 20.2 Å². The normalized spacial score (nSPS) is 15.7. The molecule has 0 bridgehead atoms. The minimum Gasteiger partial charge on any atom is -0.354 e. The summed E-state index contributed by atoms with van der Waals surface area (Å²) in [5.41, 5.74) is 1.78. The Kier molecular flexibility index (Phi) is 6.08. The number of benzene rings is 1. The van der Waals surface area contributed by atoms with Gasteiger partial charge in [-0.1, -0.05) is 47.7 Å². The molecule has 3 rings (SSSR count). The number of hydrogen-bond donors (Lipinski definition) is 2. The van der Waals surface area contributed by atoms with Crippen LogP contribution in [0.4, 0.5) is 0 Å². The summed E-state index contributed by atoms with van der Waals surface area (Å²) >= 11 is 12.3. The van der Waals surface area contributed by atoms with Gasteiger partial charge in [-0.25, -0.2) is 4.98 Å². The Morgan fingerprint density at radius 2 is 2.15 bits per heavy atom. The van der Waals surface area contributed by atoms with Crippen LogP contribution in [-0.2, 0) is 16.0 Å². The van der Waals surface area contributed by atoms with Gasteiger partial charge in [-0.05, 0) is 23.8 Å². The van der Waals surface area contributed by atoms with Crippen molar-refractivity contribution in [2.45, 2.75) is 6.42 Å².